The maximum Gasteiger partial charge on any atom is 0.319 e. The van der Waals surface area contributed by atoms with E-state index >= 15 is 0 Å². The van der Waals surface area contributed by atoms with Crippen LogP contribution >= 0.6 is 0 Å². The number of hydrogen-bond acceptors (Lipinski definition) is 4. The zero-order chi connectivity index (χ0) is 17.8. The van der Waals surface area contributed by atoms with Crippen molar-refractivity contribution < 1.29 is 13.6 Å². The number of urea groups is 1. The van der Waals surface area contributed by atoms with Crippen LogP contribution in [0, 0.1) is 18.6 Å². The van der Waals surface area contributed by atoms with Crippen LogP contribution in [0.25, 0.3) is 0 Å². The van der Waals surface area contributed by atoms with Gasteiger partial charge >= 0.3 is 6.03 Å². The van der Waals surface area contributed by atoms with E-state index in [1.54, 1.807) is 0 Å². The van der Waals surface area contributed by atoms with Gasteiger partial charge in [0.2, 0.25) is 0 Å². The normalized spacial score (nSPS) is 13.8. The first-order chi connectivity index (χ1) is 12.0. The Morgan fingerprint density at radius 1 is 1.16 bits per heavy atom. The maximum absolute atomic E-state index is 13.1. The molecular formula is C17H19F2N5O. The summed E-state index contributed by atoms with van der Waals surface area (Å²) in [5, 5.41) is 5.06. The highest BCUT2D eigenvalue weighted by Gasteiger charge is 2.15. The van der Waals surface area contributed by atoms with Crippen LogP contribution in [0.3, 0.4) is 0 Å². The molecule has 1 aliphatic heterocycles. The van der Waals surface area contributed by atoms with E-state index in [1.807, 2.05) is 13.0 Å². The van der Waals surface area contributed by atoms with E-state index in [1.165, 1.54) is 6.07 Å². The van der Waals surface area contributed by atoms with E-state index in [0.717, 1.165) is 49.6 Å². The molecule has 1 fully saturated rings. The minimum absolute atomic E-state index is 0.137. The van der Waals surface area contributed by atoms with Crippen LogP contribution in [0.2, 0.25) is 0 Å². The van der Waals surface area contributed by atoms with Crippen LogP contribution in [-0.2, 0) is 6.54 Å². The summed E-state index contributed by atoms with van der Waals surface area (Å²) in [5.74, 6) is -0.617. The van der Waals surface area contributed by atoms with E-state index in [0.29, 0.717) is 5.82 Å². The molecule has 0 atom stereocenters. The molecule has 1 saturated heterocycles. The summed E-state index contributed by atoms with van der Waals surface area (Å²) in [6, 6.07) is 4.54. The van der Waals surface area contributed by atoms with Crippen LogP contribution in [-0.4, -0.2) is 29.1 Å². The first-order valence-corrected chi connectivity index (χ1v) is 8.11. The van der Waals surface area contributed by atoms with Crippen LogP contribution < -0.4 is 15.5 Å². The molecular weight excluding hydrogens is 328 g/mol. The SMILES string of the molecule is Cc1cc(N2CCCC2)nc(CNC(=O)Nc2ccc(F)c(F)c2)n1. The van der Waals surface area contributed by atoms with Crippen molar-refractivity contribution in [3.63, 3.8) is 0 Å². The zero-order valence-corrected chi connectivity index (χ0v) is 13.9. The minimum atomic E-state index is -1.02. The molecule has 0 aliphatic carbocycles. The number of anilines is 2. The molecule has 2 amide bonds. The number of carbonyl (C=O) groups is 1. The summed E-state index contributed by atoms with van der Waals surface area (Å²) in [6.07, 6.45) is 2.29. The molecule has 2 heterocycles. The van der Waals surface area contributed by atoms with Gasteiger partial charge in [0.25, 0.3) is 0 Å². The van der Waals surface area contributed by atoms with Gasteiger partial charge in [-0.1, -0.05) is 0 Å². The zero-order valence-electron chi connectivity index (χ0n) is 13.9. The Morgan fingerprint density at radius 2 is 1.92 bits per heavy atom. The number of amides is 2. The van der Waals surface area contributed by atoms with E-state index in [4.69, 9.17) is 0 Å². The van der Waals surface area contributed by atoms with Crippen molar-refractivity contribution in [1.29, 1.82) is 0 Å². The lowest BCUT2D eigenvalue weighted by atomic mass is 10.3. The lowest BCUT2D eigenvalue weighted by molar-refractivity contribution is 0.251. The van der Waals surface area contributed by atoms with Gasteiger partial charge in [0.15, 0.2) is 11.6 Å². The second-order valence-electron chi connectivity index (χ2n) is 5.91. The molecule has 1 aliphatic rings. The average Bonchev–Trinajstić information content (AvgIpc) is 3.10. The number of rotatable bonds is 4. The quantitative estimate of drug-likeness (QED) is 0.892. The molecule has 132 valence electrons. The Balaban J connectivity index is 1.60. The second kappa shape index (κ2) is 7.42. The topological polar surface area (TPSA) is 70.2 Å². The summed E-state index contributed by atoms with van der Waals surface area (Å²) >= 11 is 0. The highest BCUT2D eigenvalue weighted by molar-refractivity contribution is 5.89. The monoisotopic (exact) mass is 347 g/mol. The molecule has 8 heteroatoms. The van der Waals surface area contributed by atoms with Crippen LogP contribution in [0.1, 0.15) is 24.4 Å². The summed E-state index contributed by atoms with van der Waals surface area (Å²) in [5.41, 5.74) is 0.994. The largest absolute Gasteiger partial charge is 0.357 e. The standard InChI is InChI=1S/C17H19F2N5O/c1-11-8-16(24-6-2-3-7-24)23-15(21-11)10-20-17(25)22-12-4-5-13(18)14(19)9-12/h4-5,8-9H,2-3,6-7,10H2,1H3,(H2,20,22,25). The fourth-order valence-electron chi connectivity index (χ4n) is 2.71. The highest BCUT2D eigenvalue weighted by Crippen LogP contribution is 2.18. The number of hydrogen-bond donors (Lipinski definition) is 2. The van der Waals surface area contributed by atoms with Gasteiger partial charge in [-0.3, -0.25) is 0 Å². The number of aromatic nitrogens is 2. The Morgan fingerprint density at radius 3 is 2.64 bits per heavy atom. The molecule has 0 saturated carbocycles. The van der Waals surface area contributed by atoms with Gasteiger partial charge in [-0.05, 0) is 31.9 Å². The van der Waals surface area contributed by atoms with Gasteiger partial charge in [-0.15, -0.1) is 0 Å². The number of carbonyl (C=O) groups excluding carboxylic acids is 1. The molecule has 1 aromatic heterocycles. The van der Waals surface area contributed by atoms with Crippen molar-refractivity contribution in [2.24, 2.45) is 0 Å². The van der Waals surface area contributed by atoms with Crippen molar-refractivity contribution in [3.05, 3.63) is 47.4 Å². The Labute approximate surface area is 144 Å². The number of benzene rings is 1. The average molecular weight is 347 g/mol. The van der Waals surface area contributed by atoms with Gasteiger partial charge < -0.3 is 15.5 Å². The highest BCUT2D eigenvalue weighted by atomic mass is 19.2. The lowest BCUT2D eigenvalue weighted by Crippen LogP contribution is -2.29. The van der Waals surface area contributed by atoms with Gasteiger partial charge in [0.05, 0.1) is 6.54 Å². The molecule has 0 bridgehead atoms. The Hall–Kier alpha value is -2.77. The number of halogens is 2. The molecule has 0 spiro atoms. The summed E-state index contributed by atoms with van der Waals surface area (Å²) in [4.78, 5) is 22.9. The lowest BCUT2D eigenvalue weighted by Gasteiger charge is -2.17. The first-order valence-electron chi connectivity index (χ1n) is 8.11. The minimum Gasteiger partial charge on any atom is -0.357 e. The maximum atomic E-state index is 13.1. The molecule has 25 heavy (non-hydrogen) atoms. The van der Waals surface area contributed by atoms with Gasteiger partial charge in [-0.2, -0.15) is 0 Å². The van der Waals surface area contributed by atoms with Gasteiger partial charge in [0.1, 0.15) is 11.6 Å². The van der Waals surface area contributed by atoms with E-state index in [2.05, 4.69) is 25.5 Å². The van der Waals surface area contributed by atoms with Crippen molar-refractivity contribution >= 4 is 17.5 Å². The van der Waals surface area contributed by atoms with Crippen LogP contribution in [0.15, 0.2) is 24.3 Å². The van der Waals surface area contributed by atoms with Crippen LogP contribution in [0.4, 0.5) is 25.1 Å². The third-order valence-electron chi connectivity index (χ3n) is 3.90. The van der Waals surface area contributed by atoms with Crippen LogP contribution in [0.5, 0.6) is 0 Å². The van der Waals surface area contributed by atoms with Crippen molar-refractivity contribution in [2.75, 3.05) is 23.3 Å². The fourth-order valence-corrected chi connectivity index (χ4v) is 2.71. The number of aryl methyl sites for hydroxylation is 1. The number of nitrogens with zero attached hydrogens (tertiary/aromatic N) is 3. The summed E-state index contributed by atoms with van der Waals surface area (Å²) < 4.78 is 26.0. The molecule has 0 unspecified atom stereocenters. The third kappa shape index (κ3) is 4.40. The molecule has 3 rings (SSSR count). The molecule has 1 aromatic carbocycles. The summed E-state index contributed by atoms with van der Waals surface area (Å²) in [7, 11) is 0. The fraction of sp³-hybridized carbons (Fsp3) is 0.353. The molecule has 2 aromatic rings. The Kier molecular flexibility index (Phi) is 5.06. The van der Waals surface area contributed by atoms with Crippen molar-refractivity contribution in [1.82, 2.24) is 15.3 Å². The Bertz CT molecular complexity index is 778. The smallest absolute Gasteiger partial charge is 0.319 e. The van der Waals surface area contributed by atoms with E-state index < -0.39 is 17.7 Å². The molecule has 0 radical (unpaired) electrons. The van der Waals surface area contributed by atoms with E-state index in [9.17, 15) is 13.6 Å². The molecule has 6 nitrogen and oxygen atoms in total. The van der Waals surface area contributed by atoms with Gasteiger partial charge in [-0.25, -0.2) is 23.5 Å². The third-order valence-corrected chi connectivity index (χ3v) is 3.90. The second-order valence-corrected chi connectivity index (χ2v) is 5.91. The van der Waals surface area contributed by atoms with Crippen molar-refractivity contribution in [2.45, 2.75) is 26.3 Å². The molecule has 2 N–H and O–H groups in total. The predicted octanol–water partition coefficient (Wildman–Crippen LogP) is 2.99. The predicted molar refractivity (Wildman–Crippen MR) is 90.4 cm³/mol. The summed E-state index contributed by atoms with van der Waals surface area (Å²) in [6.45, 7) is 3.96. The first kappa shape index (κ1) is 17.1. The van der Waals surface area contributed by atoms with Crippen molar-refractivity contribution in [3.8, 4) is 0 Å². The van der Waals surface area contributed by atoms with Gasteiger partial charge in [0, 0.05) is 36.6 Å². The van der Waals surface area contributed by atoms with E-state index in [-0.39, 0.29) is 12.2 Å². The number of nitrogens with one attached hydrogen (secondary N) is 2.